The number of benzene rings is 3. The smallest absolute Gasteiger partial charge is 0.344 e. The topological polar surface area (TPSA) is 80.7 Å². The van der Waals surface area contributed by atoms with E-state index in [1.807, 2.05) is 37.3 Å². The lowest BCUT2D eigenvalue weighted by molar-refractivity contribution is 0.466. The van der Waals surface area contributed by atoms with Crippen molar-refractivity contribution in [1.82, 2.24) is 0 Å². The lowest BCUT2D eigenvalue weighted by atomic mass is 9.96. The molecule has 0 radical (unpaired) electrons. The van der Waals surface area contributed by atoms with Crippen LogP contribution in [-0.4, -0.2) is 5.11 Å². The van der Waals surface area contributed by atoms with Crippen LogP contribution in [0.15, 0.2) is 89.8 Å². The maximum Gasteiger partial charge on any atom is 0.344 e. The van der Waals surface area contributed by atoms with Gasteiger partial charge < -0.3 is 13.9 Å². The Bertz CT molecular complexity index is 1610. The third-order valence-corrected chi connectivity index (χ3v) is 6.14. The van der Waals surface area contributed by atoms with Gasteiger partial charge in [0, 0.05) is 27.4 Å². The van der Waals surface area contributed by atoms with Gasteiger partial charge in [0.2, 0.25) is 0 Å². The van der Waals surface area contributed by atoms with Crippen LogP contribution < -0.4 is 11.1 Å². The van der Waals surface area contributed by atoms with Crippen LogP contribution in [0.4, 0.5) is 0 Å². The van der Waals surface area contributed by atoms with Gasteiger partial charge in [0.25, 0.3) is 0 Å². The minimum Gasteiger partial charge on any atom is -0.508 e. The van der Waals surface area contributed by atoms with E-state index in [0.717, 1.165) is 15.6 Å². The van der Waals surface area contributed by atoms with Gasteiger partial charge in [-0.25, -0.2) is 4.79 Å². The summed E-state index contributed by atoms with van der Waals surface area (Å²) in [5.74, 6) is -0.0544. The first-order valence-electron chi connectivity index (χ1n) is 9.97. The van der Waals surface area contributed by atoms with Crippen molar-refractivity contribution < 1.29 is 13.9 Å². The van der Waals surface area contributed by atoms with Gasteiger partial charge in [0.1, 0.15) is 16.9 Å². The predicted octanol–water partition coefficient (Wildman–Crippen LogP) is 5.93. The molecule has 2 aromatic heterocycles. The molecule has 0 spiro atoms. The van der Waals surface area contributed by atoms with E-state index in [1.165, 1.54) is 6.26 Å². The van der Waals surface area contributed by atoms with E-state index in [1.54, 1.807) is 30.3 Å². The number of aryl methyl sites for hydroxylation is 1. The van der Waals surface area contributed by atoms with Crippen LogP contribution in [0, 0.1) is 6.92 Å². The molecule has 0 unspecified atom stereocenters. The van der Waals surface area contributed by atoms with Crippen LogP contribution in [-0.2, 0) is 6.42 Å². The van der Waals surface area contributed by atoms with Crippen molar-refractivity contribution in [1.29, 1.82) is 0 Å². The molecule has 0 atom stereocenters. The number of rotatable bonds is 3. The van der Waals surface area contributed by atoms with E-state index in [-0.39, 0.29) is 23.2 Å². The fraction of sp³-hybridized carbons (Fsp3) is 0.0769. The Morgan fingerprint density at radius 3 is 2.53 bits per heavy atom. The molecule has 5 nitrogen and oxygen atoms in total. The quantitative estimate of drug-likeness (QED) is 0.318. The highest BCUT2D eigenvalue weighted by atomic mass is 79.9. The second-order valence-corrected chi connectivity index (χ2v) is 8.52. The molecule has 5 rings (SSSR count). The molecule has 32 heavy (non-hydrogen) atoms. The Balaban J connectivity index is 1.71. The van der Waals surface area contributed by atoms with Gasteiger partial charge in [-0.05, 0) is 48.4 Å². The van der Waals surface area contributed by atoms with Crippen molar-refractivity contribution >= 4 is 37.9 Å². The van der Waals surface area contributed by atoms with Crippen molar-refractivity contribution in [2.45, 2.75) is 13.3 Å². The van der Waals surface area contributed by atoms with Gasteiger partial charge in [-0.1, -0.05) is 46.3 Å². The molecular formula is C26H17BrO5. The molecule has 0 fully saturated rings. The second kappa shape index (κ2) is 7.80. The van der Waals surface area contributed by atoms with E-state index in [0.29, 0.717) is 33.0 Å². The normalized spacial score (nSPS) is 11.3. The lowest BCUT2D eigenvalue weighted by Crippen LogP contribution is -2.11. The van der Waals surface area contributed by atoms with Crippen LogP contribution >= 0.6 is 15.9 Å². The fourth-order valence-corrected chi connectivity index (χ4v) is 4.39. The van der Waals surface area contributed by atoms with Crippen molar-refractivity contribution in [3.05, 3.63) is 109 Å². The molecule has 0 aliphatic heterocycles. The SMILES string of the molecule is Cc1c(-c2ccccc2)c(=O)oc2c(Cc3coc4ccc(Br)cc4c3=O)c(O)ccc12. The molecular weight excluding hydrogens is 472 g/mol. The number of fused-ring (bicyclic) bond motifs is 2. The summed E-state index contributed by atoms with van der Waals surface area (Å²) in [7, 11) is 0. The summed E-state index contributed by atoms with van der Waals surface area (Å²) in [5, 5.41) is 11.7. The zero-order valence-corrected chi connectivity index (χ0v) is 18.6. The summed E-state index contributed by atoms with van der Waals surface area (Å²) < 4.78 is 12.1. The van der Waals surface area contributed by atoms with Crippen LogP contribution in [0.3, 0.4) is 0 Å². The average Bonchev–Trinajstić information content (AvgIpc) is 2.78. The van der Waals surface area contributed by atoms with Crippen LogP contribution in [0.5, 0.6) is 5.75 Å². The molecule has 0 aliphatic carbocycles. The first-order valence-corrected chi connectivity index (χ1v) is 10.8. The molecule has 3 aromatic carbocycles. The second-order valence-electron chi connectivity index (χ2n) is 7.60. The summed E-state index contributed by atoms with van der Waals surface area (Å²) in [6.07, 6.45) is 1.45. The molecule has 0 saturated heterocycles. The van der Waals surface area contributed by atoms with Gasteiger partial charge in [0.05, 0.1) is 17.2 Å². The first kappa shape index (κ1) is 20.3. The monoisotopic (exact) mass is 488 g/mol. The van der Waals surface area contributed by atoms with Crippen molar-refractivity contribution in [2.24, 2.45) is 0 Å². The fourth-order valence-electron chi connectivity index (χ4n) is 4.03. The molecule has 1 N–H and O–H groups in total. The number of hydrogen-bond donors (Lipinski definition) is 1. The van der Waals surface area contributed by atoms with Gasteiger partial charge in [-0.2, -0.15) is 0 Å². The van der Waals surface area contributed by atoms with Crippen molar-refractivity contribution in [3.63, 3.8) is 0 Å². The Hall–Kier alpha value is -3.64. The van der Waals surface area contributed by atoms with Crippen molar-refractivity contribution in [2.75, 3.05) is 0 Å². The average molecular weight is 489 g/mol. The maximum absolute atomic E-state index is 13.1. The largest absolute Gasteiger partial charge is 0.508 e. The highest BCUT2D eigenvalue weighted by molar-refractivity contribution is 9.10. The third kappa shape index (κ3) is 3.33. The molecule has 2 heterocycles. The Labute approximate surface area is 190 Å². The summed E-state index contributed by atoms with van der Waals surface area (Å²) in [6, 6.07) is 17.8. The van der Waals surface area contributed by atoms with E-state index < -0.39 is 5.63 Å². The van der Waals surface area contributed by atoms with Gasteiger partial charge in [-0.3, -0.25) is 4.79 Å². The standard InChI is InChI=1S/C26H17BrO5/c1-14-18-8-9-21(28)19(25(18)32-26(30)23(14)15-5-3-2-4-6-15)11-16-13-31-22-10-7-17(27)12-20(22)24(16)29/h2-10,12-13,28H,11H2,1H3. The summed E-state index contributed by atoms with van der Waals surface area (Å²) >= 11 is 3.37. The molecule has 0 saturated carbocycles. The van der Waals surface area contributed by atoms with Gasteiger partial charge >= 0.3 is 5.63 Å². The highest BCUT2D eigenvalue weighted by Gasteiger charge is 2.19. The number of phenolic OH excluding ortho intramolecular Hbond substituents is 1. The molecule has 0 aliphatic rings. The molecule has 0 amide bonds. The minimum absolute atomic E-state index is 0.0544. The van der Waals surface area contributed by atoms with Crippen molar-refractivity contribution in [3.8, 4) is 16.9 Å². The van der Waals surface area contributed by atoms with E-state index >= 15 is 0 Å². The van der Waals surface area contributed by atoms with E-state index in [2.05, 4.69) is 15.9 Å². The molecule has 5 aromatic rings. The zero-order chi connectivity index (χ0) is 22.4. The predicted molar refractivity (Wildman–Crippen MR) is 127 cm³/mol. The zero-order valence-electron chi connectivity index (χ0n) is 17.0. The number of halogens is 1. The van der Waals surface area contributed by atoms with Gasteiger partial charge in [0.15, 0.2) is 5.43 Å². The third-order valence-electron chi connectivity index (χ3n) is 5.65. The highest BCUT2D eigenvalue weighted by Crippen LogP contribution is 2.33. The first-order chi connectivity index (χ1) is 15.4. The number of phenols is 1. The summed E-state index contributed by atoms with van der Waals surface area (Å²) in [6.45, 7) is 1.85. The molecule has 6 heteroatoms. The van der Waals surface area contributed by atoms with Crippen LogP contribution in [0.1, 0.15) is 16.7 Å². The van der Waals surface area contributed by atoms with Crippen LogP contribution in [0.2, 0.25) is 0 Å². The molecule has 158 valence electrons. The maximum atomic E-state index is 13.1. The van der Waals surface area contributed by atoms with Crippen LogP contribution in [0.25, 0.3) is 33.1 Å². The Morgan fingerprint density at radius 2 is 1.75 bits per heavy atom. The van der Waals surface area contributed by atoms with E-state index in [4.69, 9.17) is 8.83 Å². The van der Waals surface area contributed by atoms with Gasteiger partial charge in [-0.15, -0.1) is 0 Å². The summed E-state index contributed by atoms with van der Waals surface area (Å²) in [4.78, 5) is 26.0. The van der Waals surface area contributed by atoms with E-state index in [9.17, 15) is 14.7 Å². The minimum atomic E-state index is -0.498. The number of hydrogen-bond acceptors (Lipinski definition) is 5. The lowest BCUT2D eigenvalue weighted by Gasteiger charge is -2.12. The summed E-state index contributed by atoms with van der Waals surface area (Å²) in [5.41, 5.74) is 2.74. The molecule has 0 bridgehead atoms. The Kier molecular flexibility index (Phi) is 4.94. The number of aromatic hydroxyl groups is 1. The Morgan fingerprint density at radius 1 is 0.969 bits per heavy atom.